The Morgan fingerprint density at radius 1 is 1.35 bits per heavy atom. The molecule has 90 valence electrons. The number of hydrogen-bond acceptors (Lipinski definition) is 1. The number of hydrogen-bond donors (Lipinski definition) is 0. The Hall–Kier alpha value is -0.510. The second-order valence-electron chi connectivity index (χ2n) is 3.87. The van der Waals surface area contributed by atoms with E-state index in [2.05, 4.69) is 20.9 Å². The Bertz CT molecular complexity index is 564. The zero-order chi connectivity index (χ0) is 12.6. The van der Waals surface area contributed by atoms with Gasteiger partial charge in [0.25, 0.3) is 0 Å². The van der Waals surface area contributed by atoms with Crippen molar-refractivity contribution in [3.63, 3.8) is 0 Å². The Kier molecular flexibility index (Phi) is 3.81. The SMILES string of the molecule is Cc1nc(Cc2ccc(Cl)cc2Cl)c(Br)n1C. The van der Waals surface area contributed by atoms with E-state index in [-0.39, 0.29) is 0 Å². The number of benzene rings is 1. The molecule has 2 nitrogen and oxygen atoms in total. The minimum Gasteiger partial charge on any atom is -0.326 e. The van der Waals surface area contributed by atoms with E-state index in [1.54, 1.807) is 6.07 Å². The molecule has 0 unspecified atom stereocenters. The number of halogens is 3. The molecule has 1 aromatic carbocycles. The summed E-state index contributed by atoms with van der Waals surface area (Å²) in [5, 5.41) is 1.32. The maximum Gasteiger partial charge on any atom is 0.108 e. The highest BCUT2D eigenvalue weighted by molar-refractivity contribution is 9.10. The summed E-state index contributed by atoms with van der Waals surface area (Å²) in [7, 11) is 1.97. The zero-order valence-electron chi connectivity index (χ0n) is 9.47. The predicted octanol–water partition coefficient (Wildman–Crippen LogP) is 4.39. The molecule has 0 saturated heterocycles. The monoisotopic (exact) mass is 332 g/mol. The molecular weight excluding hydrogens is 323 g/mol. The molecular formula is C12H11BrCl2N2. The fourth-order valence-electron chi connectivity index (χ4n) is 1.61. The summed E-state index contributed by atoms with van der Waals surface area (Å²) in [6, 6.07) is 5.52. The van der Waals surface area contributed by atoms with Gasteiger partial charge in [0.15, 0.2) is 0 Å². The van der Waals surface area contributed by atoms with Crippen molar-refractivity contribution in [3.8, 4) is 0 Å². The number of aryl methyl sites for hydroxylation is 1. The maximum absolute atomic E-state index is 6.14. The molecule has 0 radical (unpaired) electrons. The van der Waals surface area contributed by atoms with E-state index < -0.39 is 0 Å². The van der Waals surface area contributed by atoms with Crippen LogP contribution in [-0.4, -0.2) is 9.55 Å². The average molecular weight is 334 g/mol. The quantitative estimate of drug-likeness (QED) is 0.797. The molecule has 0 amide bonds. The van der Waals surface area contributed by atoms with E-state index in [1.807, 2.05) is 30.7 Å². The fourth-order valence-corrected chi connectivity index (χ4v) is 2.57. The summed E-state index contributed by atoms with van der Waals surface area (Å²) in [6.07, 6.45) is 0.693. The molecule has 1 heterocycles. The molecule has 0 bridgehead atoms. The lowest BCUT2D eigenvalue weighted by Gasteiger charge is -2.03. The van der Waals surface area contributed by atoms with Crippen molar-refractivity contribution in [3.05, 3.63) is 49.9 Å². The van der Waals surface area contributed by atoms with Crippen molar-refractivity contribution in [1.29, 1.82) is 0 Å². The van der Waals surface area contributed by atoms with Gasteiger partial charge >= 0.3 is 0 Å². The van der Waals surface area contributed by atoms with Crippen LogP contribution in [0.1, 0.15) is 17.1 Å². The number of rotatable bonds is 2. The smallest absolute Gasteiger partial charge is 0.108 e. The van der Waals surface area contributed by atoms with Crippen molar-refractivity contribution in [2.24, 2.45) is 7.05 Å². The van der Waals surface area contributed by atoms with E-state index in [0.717, 1.165) is 21.7 Å². The van der Waals surface area contributed by atoms with Crippen LogP contribution in [0.3, 0.4) is 0 Å². The molecule has 17 heavy (non-hydrogen) atoms. The highest BCUT2D eigenvalue weighted by atomic mass is 79.9. The summed E-state index contributed by atoms with van der Waals surface area (Å²) in [5.74, 6) is 0.969. The van der Waals surface area contributed by atoms with E-state index in [4.69, 9.17) is 23.2 Å². The van der Waals surface area contributed by atoms with Gasteiger partial charge in [0, 0.05) is 23.5 Å². The van der Waals surface area contributed by atoms with Gasteiger partial charge in [-0.05, 0) is 40.5 Å². The molecule has 0 aliphatic rings. The summed E-state index contributed by atoms with van der Waals surface area (Å²) in [4.78, 5) is 4.49. The van der Waals surface area contributed by atoms with Gasteiger partial charge in [0.1, 0.15) is 10.4 Å². The summed E-state index contributed by atoms with van der Waals surface area (Å²) >= 11 is 15.5. The van der Waals surface area contributed by atoms with E-state index in [0.29, 0.717) is 16.5 Å². The highest BCUT2D eigenvalue weighted by Crippen LogP contribution is 2.26. The first-order valence-corrected chi connectivity index (χ1v) is 6.65. The predicted molar refractivity (Wildman–Crippen MR) is 74.9 cm³/mol. The second kappa shape index (κ2) is 5.01. The molecule has 0 saturated carbocycles. The number of nitrogens with zero attached hydrogens (tertiary/aromatic N) is 2. The third-order valence-corrected chi connectivity index (χ3v) is 4.26. The van der Waals surface area contributed by atoms with Gasteiger partial charge in [-0.25, -0.2) is 4.98 Å². The van der Waals surface area contributed by atoms with Crippen LogP contribution < -0.4 is 0 Å². The lowest BCUT2D eigenvalue weighted by molar-refractivity contribution is 0.839. The topological polar surface area (TPSA) is 17.8 Å². The third-order valence-electron chi connectivity index (χ3n) is 2.69. The molecule has 1 aromatic heterocycles. The summed E-state index contributed by atoms with van der Waals surface area (Å²) in [5.41, 5.74) is 2.00. The number of imidazole rings is 1. The summed E-state index contributed by atoms with van der Waals surface area (Å²) < 4.78 is 2.99. The lowest BCUT2D eigenvalue weighted by Crippen LogP contribution is -1.92. The fraction of sp³-hybridized carbons (Fsp3) is 0.250. The van der Waals surface area contributed by atoms with Crippen molar-refractivity contribution in [2.45, 2.75) is 13.3 Å². The van der Waals surface area contributed by atoms with Gasteiger partial charge in [0.2, 0.25) is 0 Å². The summed E-state index contributed by atoms with van der Waals surface area (Å²) in [6.45, 7) is 1.97. The minimum atomic E-state index is 0.648. The largest absolute Gasteiger partial charge is 0.326 e. The van der Waals surface area contributed by atoms with Crippen molar-refractivity contribution in [1.82, 2.24) is 9.55 Å². The first-order valence-electron chi connectivity index (χ1n) is 5.10. The molecule has 0 N–H and O–H groups in total. The Balaban J connectivity index is 2.34. The molecule has 0 spiro atoms. The molecule has 2 aromatic rings. The molecule has 0 atom stereocenters. The molecule has 5 heteroatoms. The van der Waals surface area contributed by atoms with Crippen LogP contribution in [0, 0.1) is 6.92 Å². The van der Waals surface area contributed by atoms with E-state index in [1.165, 1.54) is 0 Å². The van der Waals surface area contributed by atoms with Gasteiger partial charge in [0.05, 0.1) is 5.69 Å². The van der Waals surface area contributed by atoms with Crippen LogP contribution >= 0.6 is 39.1 Å². The van der Waals surface area contributed by atoms with Crippen LogP contribution in [-0.2, 0) is 13.5 Å². The van der Waals surface area contributed by atoms with Crippen LogP contribution in [0.2, 0.25) is 10.0 Å². The Labute approximate surface area is 119 Å². The van der Waals surface area contributed by atoms with Crippen LogP contribution in [0.5, 0.6) is 0 Å². The van der Waals surface area contributed by atoms with Gasteiger partial charge in [-0.3, -0.25) is 0 Å². The molecule has 2 rings (SSSR count). The Morgan fingerprint density at radius 3 is 2.59 bits per heavy atom. The van der Waals surface area contributed by atoms with Gasteiger partial charge in [-0.15, -0.1) is 0 Å². The van der Waals surface area contributed by atoms with Crippen LogP contribution in [0.15, 0.2) is 22.8 Å². The normalized spacial score (nSPS) is 10.9. The van der Waals surface area contributed by atoms with E-state index in [9.17, 15) is 0 Å². The van der Waals surface area contributed by atoms with Crippen LogP contribution in [0.25, 0.3) is 0 Å². The van der Waals surface area contributed by atoms with Gasteiger partial charge < -0.3 is 4.57 Å². The average Bonchev–Trinajstić information content (AvgIpc) is 2.50. The van der Waals surface area contributed by atoms with Crippen molar-refractivity contribution in [2.75, 3.05) is 0 Å². The zero-order valence-corrected chi connectivity index (χ0v) is 12.6. The van der Waals surface area contributed by atoms with Gasteiger partial charge in [-0.2, -0.15) is 0 Å². The molecule has 0 aliphatic carbocycles. The number of aromatic nitrogens is 2. The first-order chi connectivity index (χ1) is 7.99. The highest BCUT2D eigenvalue weighted by Gasteiger charge is 2.11. The van der Waals surface area contributed by atoms with E-state index >= 15 is 0 Å². The maximum atomic E-state index is 6.14. The van der Waals surface area contributed by atoms with Crippen molar-refractivity contribution < 1.29 is 0 Å². The van der Waals surface area contributed by atoms with Crippen LogP contribution in [0.4, 0.5) is 0 Å². The molecule has 0 fully saturated rings. The second-order valence-corrected chi connectivity index (χ2v) is 5.46. The van der Waals surface area contributed by atoms with Gasteiger partial charge in [-0.1, -0.05) is 29.3 Å². The first kappa shape index (κ1) is 12.9. The lowest BCUT2D eigenvalue weighted by atomic mass is 10.1. The molecule has 0 aliphatic heterocycles. The standard InChI is InChI=1S/C12H11BrCl2N2/c1-7-16-11(12(13)17(7)2)5-8-3-4-9(14)6-10(8)15/h3-4,6H,5H2,1-2H3. The van der Waals surface area contributed by atoms with Crippen molar-refractivity contribution >= 4 is 39.1 Å². The minimum absolute atomic E-state index is 0.648. The Morgan fingerprint density at radius 2 is 2.06 bits per heavy atom. The third kappa shape index (κ3) is 2.67.